The molecule has 64 valence electrons. The summed E-state index contributed by atoms with van der Waals surface area (Å²) in [5, 5.41) is 3.73. The molecule has 1 aliphatic carbocycles. The molecule has 0 spiro atoms. The van der Waals surface area contributed by atoms with Crippen LogP contribution in [0.25, 0.3) is 0 Å². The molecule has 2 heterocycles. The molecule has 1 heteroatoms. The third-order valence-electron chi connectivity index (χ3n) is 3.34. The molecule has 2 bridgehead atoms. The quantitative estimate of drug-likeness (QED) is 0.563. The Balaban J connectivity index is 2.02. The normalized spacial score (nSPS) is 50.7. The lowest BCUT2D eigenvalue weighted by Crippen LogP contribution is -2.69. The maximum Gasteiger partial charge on any atom is 0.0175 e. The Morgan fingerprint density at radius 2 is 1.36 bits per heavy atom. The zero-order chi connectivity index (χ0) is 7.95. The molecule has 0 aromatic rings. The van der Waals surface area contributed by atoms with Crippen LogP contribution in [-0.4, -0.2) is 11.1 Å². The largest absolute Gasteiger partial charge is 0.306 e. The third kappa shape index (κ3) is 1.31. The number of hydrogen-bond donors (Lipinski definition) is 1. The van der Waals surface area contributed by atoms with Gasteiger partial charge in [0.1, 0.15) is 0 Å². The van der Waals surface area contributed by atoms with Crippen molar-refractivity contribution >= 4 is 0 Å². The van der Waals surface area contributed by atoms with Gasteiger partial charge >= 0.3 is 0 Å². The maximum absolute atomic E-state index is 3.73. The van der Waals surface area contributed by atoms with Crippen molar-refractivity contribution in [1.29, 1.82) is 0 Å². The second-order valence-corrected chi connectivity index (χ2v) is 4.98. The number of nitrogens with one attached hydrogen (secondary N) is 1. The summed E-state index contributed by atoms with van der Waals surface area (Å²) in [7, 11) is 0. The van der Waals surface area contributed by atoms with Crippen molar-refractivity contribution in [3.63, 3.8) is 0 Å². The highest BCUT2D eigenvalue weighted by Crippen LogP contribution is 2.42. The Morgan fingerprint density at radius 3 is 1.82 bits per heavy atom. The summed E-state index contributed by atoms with van der Waals surface area (Å²) in [5.41, 5.74) is 1.02. The summed E-state index contributed by atoms with van der Waals surface area (Å²) in [6, 6.07) is 0. The average molecular weight is 153 g/mol. The lowest BCUT2D eigenvalue weighted by atomic mass is 9.67. The minimum absolute atomic E-state index is 0.509. The molecule has 2 unspecified atom stereocenters. The van der Waals surface area contributed by atoms with Crippen LogP contribution in [0.3, 0.4) is 0 Å². The van der Waals surface area contributed by atoms with E-state index in [-0.39, 0.29) is 0 Å². The Kier molecular flexibility index (Phi) is 1.54. The van der Waals surface area contributed by atoms with Crippen molar-refractivity contribution < 1.29 is 0 Å². The van der Waals surface area contributed by atoms with Crippen LogP contribution in [0.2, 0.25) is 0 Å². The standard InChI is InChI=1S/C10H19N/c1-9-6-4-3-5-7-10(2,8-9)11-9/h11H,3-8H2,1-2H3. The van der Waals surface area contributed by atoms with Crippen LogP contribution >= 0.6 is 0 Å². The predicted octanol–water partition coefficient (Wildman–Crippen LogP) is 2.46. The molecule has 11 heavy (non-hydrogen) atoms. The lowest BCUT2D eigenvalue weighted by Gasteiger charge is -2.56. The van der Waals surface area contributed by atoms with Gasteiger partial charge in [0.05, 0.1) is 0 Å². The Labute approximate surface area is 69.6 Å². The summed E-state index contributed by atoms with van der Waals surface area (Å²) in [4.78, 5) is 0. The van der Waals surface area contributed by atoms with Crippen LogP contribution in [-0.2, 0) is 0 Å². The van der Waals surface area contributed by atoms with E-state index < -0.39 is 0 Å². The van der Waals surface area contributed by atoms with E-state index >= 15 is 0 Å². The van der Waals surface area contributed by atoms with Gasteiger partial charge in [-0.3, -0.25) is 0 Å². The highest BCUT2D eigenvalue weighted by Gasteiger charge is 2.47. The van der Waals surface area contributed by atoms with Crippen LogP contribution in [0, 0.1) is 0 Å². The second-order valence-electron chi connectivity index (χ2n) is 4.98. The summed E-state index contributed by atoms with van der Waals surface area (Å²) in [6.45, 7) is 4.75. The molecule has 2 saturated heterocycles. The first-order valence-corrected chi connectivity index (χ1v) is 4.91. The van der Waals surface area contributed by atoms with Crippen molar-refractivity contribution in [2.75, 3.05) is 0 Å². The van der Waals surface area contributed by atoms with Crippen molar-refractivity contribution in [2.24, 2.45) is 0 Å². The molecular weight excluding hydrogens is 134 g/mol. The van der Waals surface area contributed by atoms with Crippen molar-refractivity contribution in [3.05, 3.63) is 0 Å². The molecule has 3 rings (SSSR count). The molecule has 2 aliphatic heterocycles. The van der Waals surface area contributed by atoms with Crippen LogP contribution in [0.1, 0.15) is 52.4 Å². The molecule has 1 saturated carbocycles. The highest BCUT2D eigenvalue weighted by atomic mass is 15.1. The van der Waals surface area contributed by atoms with Crippen LogP contribution < -0.4 is 5.32 Å². The van der Waals surface area contributed by atoms with Crippen molar-refractivity contribution in [1.82, 2.24) is 5.32 Å². The fourth-order valence-corrected chi connectivity index (χ4v) is 3.08. The molecule has 0 aromatic heterocycles. The third-order valence-corrected chi connectivity index (χ3v) is 3.34. The molecule has 0 aromatic carbocycles. The van der Waals surface area contributed by atoms with Crippen molar-refractivity contribution in [3.8, 4) is 0 Å². The molecular formula is C10H19N. The lowest BCUT2D eigenvalue weighted by molar-refractivity contribution is 0.0405. The smallest absolute Gasteiger partial charge is 0.0175 e. The first kappa shape index (κ1) is 7.60. The zero-order valence-corrected chi connectivity index (χ0v) is 7.74. The first-order chi connectivity index (χ1) is 5.12. The average Bonchev–Trinajstić information content (AvgIpc) is 1.79. The van der Waals surface area contributed by atoms with E-state index in [4.69, 9.17) is 0 Å². The zero-order valence-electron chi connectivity index (χ0n) is 7.74. The Morgan fingerprint density at radius 1 is 0.909 bits per heavy atom. The van der Waals surface area contributed by atoms with Gasteiger partial charge in [0.15, 0.2) is 0 Å². The number of rotatable bonds is 0. The molecule has 3 fully saturated rings. The van der Waals surface area contributed by atoms with Gasteiger partial charge in [-0.2, -0.15) is 0 Å². The fraction of sp³-hybridized carbons (Fsp3) is 1.00. The van der Waals surface area contributed by atoms with E-state index in [0.29, 0.717) is 11.1 Å². The van der Waals surface area contributed by atoms with Crippen molar-refractivity contribution in [2.45, 2.75) is 63.5 Å². The molecule has 2 atom stereocenters. The van der Waals surface area contributed by atoms with Gasteiger partial charge in [-0.25, -0.2) is 0 Å². The summed E-state index contributed by atoms with van der Waals surface area (Å²) >= 11 is 0. The SMILES string of the molecule is CC12CCCCCC(C)(C1)N2. The Hall–Kier alpha value is -0.0400. The molecule has 1 N–H and O–H groups in total. The van der Waals surface area contributed by atoms with Crippen LogP contribution in [0.4, 0.5) is 0 Å². The van der Waals surface area contributed by atoms with Gasteiger partial charge in [-0.05, 0) is 33.1 Å². The van der Waals surface area contributed by atoms with E-state index in [9.17, 15) is 0 Å². The van der Waals surface area contributed by atoms with Crippen LogP contribution in [0.15, 0.2) is 0 Å². The molecule has 0 amide bonds. The Bertz CT molecular complexity index is 140. The van der Waals surface area contributed by atoms with E-state index in [1.54, 1.807) is 0 Å². The summed E-state index contributed by atoms with van der Waals surface area (Å²) in [6.07, 6.45) is 8.50. The van der Waals surface area contributed by atoms with Crippen LogP contribution in [0.5, 0.6) is 0 Å². The van der Waals surface area contributed by atoms with Gasteiger partial charge in [0, 0.05) is 11.1 Å². The van der Waals surface area contributed by atoms with Gasteiger partial charge in [0.2, 0.25) is 0 Å². The highest BCUT2D eigenvalue weighted by molar-refractivity contribution is 5.08. The fourth-order valence-electron chi connectivity index (χ4n) is 3.08. The predicted molar refractivity (Wildman–Crippen MR) is 47.6 cm³/mol. The van der Waals surface area contributed by atoms with Gasteiger partial charge in [-0.1, -0.05) is 19.3 Å². The number of hydrogen-bond acceptors (Lipinski definition) is 1. The van der Waals surface area contributed by atoms with E-state index in [2.05, 4.69) is 19.2 Å². The van der Waals surface area contributed by atoms with Gasteiger partial charge in [-0.15, -0.1) is 0 Å². The van der Waals surface area contributed by atoms with E-state index in [0.717, 1.165) is 0 Å². The summed E-state index contributed by atoms with van der Waals surface area (Å²) in [5.74, 6) is 0. The molecule has 3 aliphatic rings. The minimum atomic E-state index is 0.509. The maximum atomic E-state index is 3.73. The summed E-state index contributed by atoms with van der Waals surface area (Å²) < 4.78 is 0. The van der Waals surface area contributed by atoms with E-state index in [1.165, 1.54) is 38.5 Å². The number of fused-ring (bicyclic) bond motifs is 4. The monoisotopic (exact) mass is 153 g/mol. The second kappa shape index (κ2) is 2.22. The molecule has 0 radical (unpaired) electrons. The van der Waals surface area contributed by atoms with Gasteiger partial charge in [0.25, 0.3) is 0 Å². The molecule has 1 nitrogen and oxygen atoms in total. The first-order valence-electron chi connectivity index (χ1n) is 4.91. The van der Waals surface area contributed by atoms with Gasteiger partial charge < -0.3 is 5.32 Å². The van der Waals surface area contributed by atoms with E-state index in [1.807, 2.05) is 0 Å². The topological polar surface area (TPSA) is 12.0 Å². The minimum Gasteiger partial charge on any atom is -0.306 e.